The van der Waals surface area contributed by atoms with Gasteiger partial charge in [-0.25, -0.2) is 13.4 Å². The molecule has 0 bridgehead atoms. The highest BCUT2D eigenvalue weighted by atomic mass is 32.2. The van der Waals surface area contributed by atoms with Crippen molar-refractivity contribution >= 4 is 33.1 Å². The Morgan fingerprint density at radius 3 is 2.65 bits per heavy atom. The Bertz CT molecular complexity index is 612. The van der Waals surface area contributed by atoms with Gasteiger partial charge >= 0.3 is 0 Å². The number of benzene rings is 1. The number of aromatic nitrogens is 1. The van der Waals surface area contributed by atoms with Crippen molar-refractivity contribution in [1.82, 2.24) is 9.29 Å². The Morgan fingerprint density at radius 2 is 2.05 bits per heavy atom. The minimum Gasteiger partial charge on any atom is -0.238 e. The van der Waals surface area contributed by atoms with Crippen LogP contribution in [0.4, 0.5) is 0 Å². The molecule has 0 atom stereocenters. The van der Waals surface area contributed by atoms with Crippen LogP contribution >= 0.6 is 23.1 Å². The first kappa shape index (κ1) is 15.5. The van der Waals surface area contributed by atoms with E-state index >= 15 is 0 Å². The summed E-state index contributed by atoms with van der Waals surface area (Å²) in [5, 5.41) is 1.92. The molecular weight excluding hydrogens is 312 g/mol. The van der Waals surface area contributed by atoms with Crippen molar-refractivity contribution < 1.29 is 8.42 Å². The van der Waals surface area contributed by atoms with Gasteiger partial charge in [0.05, 0.1) is 6.26 Å². The Hall–Kier alpha value is -0.890. The summed E-state index contributed by atoms with van der Waals surface area (Å²) >= 11 is 3.15. The molecule has 108 valence electrons. The molecule has 20 heavy (non-hydrogen) atoms. The first-order chi connectivity index (χ1) is 9.55. The van der Waals surface area contributed by atoms with Crippen molar-refractivity contribution in [2.24, 2.45) is 0 Å². The maximum Gasteiger partial charge on any atom is 0.211 e. The van der Waals surface area contributed by atoms with Gasteiger partial charge in [-0.05, 0) is 5.56 Å². The molecule has 0 fully saturated rings. The number of rotatable bonds is 7. The van der Waals surface area contributed by atoms with Crippen LogP contribution in [0.25, 0.3) is 0 Å². The van der Waals surface area contributed by atoms with Gasteiger partial charge in [0.1, 0.15) is 4.34 Å². The van der Waals surface area contributed by atoms with Gasteiger partial charge in [-0.3, -0.25) is 0 Å². The van der Waals surface area contributed by atoms with Gasteiger partial charge in [0, 0.05) is 30.4 Å². The summed E-state index contributed by atoms with van der Waals surface area (Å²) in [5.74, 6) is 0.702. The molecule has 0 radical (unpaired) electrons. The summed E-state index contributed by atoms with van der Waals surface area (Å²) in [6.45, 7) is 0.899. The van der Waals surface area contributed by atoms with Crippen LogP contribution in [0.15, 0.2) is 46.2 Å². The van der Waals surface area contributed by atoms with E-state index in [4.69, 9.17) is 0 Å². The van der Waals surface area contributed by atoms with Crippen molar-refractivity contribution in [2.45, 2.75) is 10.9 Å². The molecule has 1 aromatic carbocycles. The van der Waals surface area contributed by atoms with E-state index in [9.17, 15) is 8.42 Å². The molecule has 0 saturated heterocycles. The topological polar surface area (TPSA) is 50.3 Å². The molecule has 0 amide bonds. The molecule has 0 N–H and O–H groups in total. The summed E-state index contributed by atoms with van der Waals surface area (Å²) in [6, 6.07) is 9.63. The number of sulfonamides is 1. The van der Waals surface area contributed by atoms with Crippen molar-refractivity contribution in [2.75, 3.05) is 18.6 Å². The highest BCUT2D eigenvalue weighted by molar-refractivity contribution is 8.01. The lowest BCUT2D eigenvalue weighted by molar-refractivity contribution is 0.430. The molecule has 1 aromatic heterocycles. The van der Waals surface area contributed by atoms with E-state index in [1.54, 1.807) is 29.3 Å². The third kappa shape index (κ3) is 4.90. The zero-order chi connectivity index (χ0) is 14.4. The zero-order valence-electron chi connectivity index (χ0n) is 11.1. The predicted octanol–water partition coefficient (Wildman–Crippen LogP) is 2.70. The third-order valence-electron chi connectivity index (χ3n) is 2.65. The van der Waals surface area contributed by atoms with Crippen LogP contribution in [0, 0.1) is 0 Å². The fourth-order valence-electron chi connectivity index (χ4n) is 1.67. The Morgan fingerprint density at radius 1 is 1.30 bits per heavy atom. The maximum atomic E-state index is 11.8. The first-order valence-corrected chi connectivity index (χ1v) is 9.78. The predicted molar refractivity (Wildman–Crippen MR) is 84.5 cm³/mol. The lowest BCUT2D eigenvalue weighted by Gasteiger charge is -2.19. The molecule has 0 aliphatic carbocycles. The molecule has 0 aliphatic rings. The number of hydrogen-bond donors (Lipinski definition) is 0. The van der Waals surface area contributed by atoms with E-state index < -0.39 is 10.0 Å². The molecule has 0 unspecified atom stereocenters. The summed E-state index contributed by atoms with van der Waals surface area (Å²) < 4.78 is 26.1. The quantitative estimate of drug-likeness (QED) is 0.733. The molecule has 1 heterocycles. The van der Waals surface area contributed by atoms with Crippen molar-refractivity contribution in [1.29, 1.82) is 0 Å². The minimum absolute atomic E-state index is 0.415. The van der Waals surface area contributed by atoms with Gasteiger partial charge in [0.15, 0.2) is 0 Å². The number of thiazole rings is 1. The van der Waals surface area contributed by atoms with Gasteiger partial charge < -0.3 is 0 Å². The highest BCUT2D eigenvalue weighted by Crippen LogP contribution is 2.20. The SMILES string of the molecule is CS(=O)(=O)N(CCSc1nccs1)Cc1ccccc1. The Balaban J connectivity index is 1.94. The second-order valence-electron chi connectivity index (χ2n) is 4.23. The van der Waals surface area contributed by atoms with E-state index in [1.165, 1.54) is 10.6 Å². The lowest BCUT2D eigenvalue weighted by Crippen LogP contribution is -2.31. The van der Waals surface area contributed by atoms with Gasteiger partial charge in [-0.2, -0.15) is 4.31 Å². The van der Waals surface area contributed by atoms with E-state index in [2.05, 4.69) is 4.98 Å². The van der Waals surface area contributed by atoms with Gasteiger partial charge in [0.2, 0.25) is 10.0 Å². The minimum atomic E-state index is -3.20. The van der Waals surface area contributed by atoms with E-state index in [1.807, 2.05) is 35.7 Å². The normalized spacial score (nSPS) is 11.9. The van der Waals surface area contributed by atoms with Crippen LogP contribution in [0.5, 0.6) is 0 Å². The van der Waals surface area contributed by atoms with Crippen LogP contribution in [-0.4, -0.2) is 36.3 Å². The third-order valence-corrected chi connectivity index (χ3v) is 5.84. The fraction of sp³-hybridized carbons (Fsp3) is 0.308. The largest absolute Gasteiger partial charge is 0.238 e. The summed E-state index contributed by atoms with van der Waals surface area (Å²) in [5.41, 5.74) is 0.997. The molecule has 0 spiro atoms. The van der Waals surface area contributed by atoms with Crippen LogP contribution in [0.3, 0.4) is 0 Å². The summed E-state index contributed by atoms with van der Waals surface area (Å²) in [4.78, 5) is 4.17. The van der Waals surface area contributed by atoms with Crippen LogP contribution in [-0.2, 0) is 16.6 Å². The van der Waals surface area contributed by atoms with Gasteiger partial charge in [-0.1, -0.05) is 42.1 Å². The Kier molecular flexibility index (Phi) is 5.59. The standard InChI is InChI=1S/C13H16N2O2S3/c1-20(16,17)15(11-12-5-3-2-4-6-12)8-10-19-13-14-7-9-18-13/h2-7,9H,8,10-11H2,1H3. The first-order valence-electron chi connectivity index (χ1n) is 6.07. The molecule has 7 heteroatoms. The molecule has 2 rings (SSSR count). The summed E-state index contributed by atoms with van der Waals surface area (Å²) in [6.07, 6.45) is 3.01. The average Bonchev–Trinajstić information content (AvgIpc) is 2.91. The highest BCUT2D eigenvalue weighted by Gasteiger charge is 2.16. The lowest BCUT2D eigenvalue weighted by atomic mass is 10.2. The van der Waals surface area contributed by atoms with E-state index in [0.717, 1.165) is 9.90 Å². The monoisotopic (exact) mass is 328 g/mol. The van der Waals surface area contributed by atoms with Crippen LogP contribution < -0.4 is 0 Å². The molecule has 4 nitrogen and oxygen atoms in total. The van der Waals surface area contributed by atoms with Crippen molar-refractivity contribution in [3.8, 4) is 0 Å². The number of nitrogens with zero attached hydrogens (tertiary/aromatic N) is 2. The fourth-order valence-corrected chi connectivity index (χ4v) is 4.26. The molecule has 2 aromatic rings. The molecular formula is C13H16N2O2S3. The zero-order valence-corrected chi connectivity index (χ0v) is 13.5. The second-order valence-corrected chi connectivity index (χ2v) is 8.45. The smallest absolute Gasteiger partial charge is 0.211 e. The number of hydrogen-bond acceptors (Lipinski definition) is 5. The second kappa shape index (κ2) is 7.21. The molecule has 0 saturated carbocycles. The van der Waals surface area contributed by atoms with Gasteiger partial charge in [-0.15, -0.1) is 11.3 Å². The number of thioether (sulfide) groups is 1. The van der Waals surface area contributed by atoms with Crippen LogP contribution in [0.2, 0.25) is 0 Å². The van der Waals surface area contributed by atoms with Crippen molar-refractivity contribution in [3.63, 3.8) is 0 Å². The van der Waals surface area contributed by atoms with Crippen molar-refractivity contribution in [3.05, 3.63) is 47.5 Å². The van der Waals surface area contributed by atoms with Crippen LogP contribution in [0.1, 0.15) is 5.56 Å². The Labute approximate surface area is 127 Å². The average molecular weight is 328 g/mol. The summed E-state index contributed by atoms with van der Waals surface area (Å²) in [7, 11) is -3.20. The van der Waals surface area contributed by atoms with Gasteiger partial charge in [0.25, 0.3) is 0 Å². The molecule has 0 aliphatic heterocycles. The van der Waals surface area contributed by atoms with E-state index in [0.29, 0.717) is 18.8 Å². The van der Waals surface area contributed by atoms with E-state index in [-0.39, 0.29) is 0 Å². The maximum absolute atomic E-state index is 11.8.